The first-order valence-corrected chi connectivity index (χ1v) is 9.11. The summed E-state index contributed by atoms with van der Waals surface area (Å²) in [5.74, 6) is -0.427. The SMILES string of the molecule is COc1ccc(NC(=O)CS(=O)Cc2ccc(C(=O)O)cc2)c(OC)c1. The van der Waals surface area contributed by atoms with Gasteiger partial charge in [0, 0.05) is 22.6 Å². The van der Waals surface area contributed by atoms with Gasteiger partial charge in [-0.1, -0.05) is 12.1 Å². The highest BCUT2D eigenvalue weighted by Crippen LogP contribution is 2.28. The first-order chi connectivity index (χ1) is 12.4. The molecule has 0 saturated heterocycles. The molecule has 0 aromatic heterocycles. The second-order valence-corrected chi connectivity index (χ2v) is 6.80. The third kappa shape index (κ3) is 5.32. The highest BCUT2D eigenvalue weighted by Gasteiger charge is 2.13. The maximum Gasteiger partial charge on any atom is 0.335 e. The number of aromatic carboxylic acids is 1. The zero-order valence-corrected chi connectivity index (χ0v) is 15.2. The third-order valence-corrected chi connectivity index (χ3v) is 4.74. The number of benzene rings is 2. The van der Waals surface area contributed by atoms with Gasteiger partial charge in [-0.15, -0.1) is 0 Å². The molecule has 0 aliphatic rings. The average molecular weight is 377 g/mol. The fraction of sp³-hybridized carbons (Fsp3) is 0.222. The van der Waals surface area contributed by atoms with Crippen molar-refractivity contribution in [3.8, 4) is 11.5 Å². The lowest BCUT2D eigenvalue weighted by molar-refractivity contribution is -0.113. The number of carboxylic acid groups (broad SMARTS) is 1. The first-order valence-electron chi connectivity index (χ1n) is 7.62. The lowest BCUT2D eigenvalue weighted by Gasteiger charge is -2.11. The largest absolute Gasteiger partial charge is 0.497 e. The number of carbonyl (C=O) groups is 2. The van der Waals surface area contributed by atoms with Crippen molar-refractivity contribution < 1.29 is 28.4 Å². The molecule has 2 aromatic rings. The van der Waals surface area contributed by atoms with Crippen molar-refractivity contribution >= 4 is 28.4 Å². The molecular weight excluding hydrogens is 358 g/mol. The summed E-state index contributed by atoms with van der Waals surface area (Å²) in [5.41, 5.74) is 1.31. The van der Waals surface area contributed by atoms with Crippen LogP contribution < -0.4 is 14.8 Å². The van der Waals surface area contributed by atoms with Crippen molar-refractivity contribution in [2.75, 3.05) is 25.3 Å². The molecule has 2 N–H and O–H groups in total. The van der Waals surface area contributed by atoms with E-state index in [2.05, 4.69) is 5.32 Å². The number of hydrogen-bond donors (Lipinski definition) is 2. The van der Waals surface area contributed by atoms with Crippen LogP contribution in [0.1, 0.15) is 15.9 Å². The fourth-order valence-corrected chi connectivity index (χ4v) is 3.25. The van der Waals surface area contributed by atoms with Crippen molar-refractivity contribution in [1.82, 2.24) is 0 Å². The minimum Gasteiger partial charge on any atom is -0.497 e. The molecule has 0 radical (unpaired) electrons. The smallest absolute Gasteiger partial charge is 0.335 e. The summed E-state index contributed by atoms with van der Waals surface area (Å²) in [6.45, 7) is 0. The molecule has 138 valence electrons. The van der Waals surface area contributed by atoms with Crippen LogP contribution in [0.2, 0.25) is 0 Å². The molecule has 8 heteroatoms. The number of methoxy groups -OCH3 is 2. The molecule has 26 heavy (non-hydrogen) atoms. The van der Waals surface area contributed by atoms with E-state index in [4.69, 9.17) is 14.6 Å². The van der Waals surface area contributed by atoms with Gasteiger partial charge < -0.3 is 19.9 Å². The summed E-state index contributed by atoms with van der Waals surface area (Å²) >= 11 is 0. The molecule has 0 bridgehead atoms. The van der Waals surface area contributed by atoms with Crippen molar-refractivity contribution in [3.05, 3.63) is 53.6 Å². The van der Waals surface area contributed by atoms with Gasteiger partial charge in [0.25, 0.3) is 0 Å². The number of carboxylic acids is 1. The van der Waals surface area contributed by atoms with Crippen molar-refractivity contribution in [2.24, 2.45) is 0 Å². The lowest BCUT2D eigenvalue weighted by atomic mass is 10.1. The minimum atomic E-state index is -1.43. The normalized spacial score (nSPS) is 11.5. The van der Waals surface area contributed by atoms with Gasteiger partial charge in [-0.25, -0.2) is 4.79 Å². The Kier molecular flexibility index (Phi) is 6.74. The molecule has 0 fully saturated rings. The van der Waals surface area contributed by atoms with Crippen LogP contribution in [-0.2, 0) is 21.3 Å². The minimum absolute atomic E-state index is 0.156. The summed E-state index contributed by atoms with van der Waals surface area (Å²) in [4.78, 5) is 22.9. The van der Waals surface area contributed by atoms with E-state index in [-0.39, 0.29) is 17.1 Å². The van der Waals surface area contributed by atoms with Crippen molar-refractivity contribution in [1.29, 1.82) is 0 Å². The van der Waals surface area contributed by atoms with Gasteiger partial charge in [-0.05, 0) is 29.8 Å². The maximum absolute atomic E-state index is 12.2. The van der Waals surface area contributed by atoms with Gasteiger partial charge in [0.2, 0.25) is 5.91 Å². The van der Waals surface area contributed by atoms with E-state index in [1.54, 1.807) is 30.3 Å². The van der Waals surface area contributed by atoms with Crippen LogP contribution in [0.25, 0.3) is 0 Å². The quantitative estimate of drug-likeness (QED) is 0.732. The molecule has 0 aliphatic heterocycles. The Balaban J connectivity index is 1.95. The zero-order chi connectivity index (χ0) is 19.1. The van der Waals surface area contributed by atoms with Crippen LogP contribution in [-0.4, -0.2) is 41.2 Å². The Bertz CT molecular complexity index is 819. The molecule has 0 heterocycles. The number of hydrogen-bond acceptors (Lipinski definition) is 5. The average Bonchev–Trinajstić information content (AvgIpc) is 2.62. The second kappa shape index (κ2) is 9.00. The molecule has 2 rings (SSSR count). The monoisotopic (exact) mass is 377 g/mol. The highest BCUT2D eigenvalue weighted by atomic mass is 32.2. The van der Waals surface area contributed by atoms with Gasteiger partial charge in [0.1, 0.15) is 17.3 Å². The van der Waals surface area contributed by atoms with Gasteiger partial charge in [0.05, 0.1) is 25.5 Å². The summed E-state index contributed by atoms with van der Waals surface area (Å²) in [6, 6.07) is 11.0. The number of ether oxygens (including phenoxy) is 2. The molecule has 7 nitrogen and oxygen atoms in total. The molecule has 2 aromatic carbocycles. The summed E-state index contributed by atoms with van der Waals surface area (Å²) in [5, 5.41) is 11.5. The molecule has 0 spiro atoms. The molecular formula is C18H19NO6S. The first kappa shape index (κ1) is 19.5. The number of nitrogens with one attached hydrogen (secondary N) is 1. The van der Waals surface area contributed by atoms with Gasteiger partial charge in [0.15, 0.2) is 0 Å². The Hall–Kier alpha value is -2.87. The van der Waals surface area contributed by atoms with E-state index in [0.29, 0.717) is 22.7 Å². The number of anilines is 1. The van der Waals surface area contributed by atoms with E-state index in [9.17, 15) is 13.8 Å². The van der Waals surface area contributed by atoms with Crippen LogP contribution in [0.15, 0.2) is 42.5 Å². The molecule has 1 amide bonds. The molecule has 1 unspecified atom stereocenters. The van der Waals surface area contributed by atoms with Crippen LogP contribution >= 0.6 is 0 Å². The summed E-state index contributed by atoms with van der Waals surface area (Å²) in [7, 11) is 1.57. The Morgan fingerprint density at radius 2 is 1.77 bits per heavy atom. The highest BCUT2D eigenvalue weighted by molar-refractivity contribution is 7.84. The van der Waals surface area contributed by atoms with E-state index in [1.165, 1.54) is 26.4 Å². The number of rotatable bonds is 8. The predicted molar refractivity (Wildman–Crippen MR) is 98.3 cm³/mol. The lowest BCUT2D eigenvalue weighted by Crippen LogP contribution is -2.20. The number of amides is 1. The fourth-order valence-electron chi connectivity index (χ4n) is 2.21. The topological polar surface area (TPSA) is 102 Å². The van der Waals surface area contributed by atoms with E-state index in [1.807, 2.05) is 0 Å². The van der Waals surface area contributed by atoms with Crippen LogP contribution in [0.5, 0.6) is 11.5 Å². The van der Waals surface area contributed by atoms with Crippen molar-refractivity contribution in [3.63, 3.8) is 0 Å². The number of carbonyl (C=O) groups excluding carboxylic acids is 1. The van der Waals surface area contributed by atoms with Gasteiger partial charge in [-0.3, -0.25) is 9.00 Å². The second-order valence-electron chi connectivity index (χ2n) is 5.34. The van der Waals surface area contributed by atoms with E-state index >= 15 is 0 Å². The molecule has 0 saturated carbocycles. The summed E-state index contributed by atoms with van der Waals surface area (Å²) in [6.07, 6.45) is 0. The molecule has 0 aliphatic carbocycles. The van der Waals surface area contributed by atoms with Crippen LogP contribution in [0.4, 0.5) is 5.69 Å². The van der Waals surface area contributed by atoms with Gasteiger partial charge >= 0.3 is 5.97 Å². The van der Waals surface area contributed by atoms with Crippen LogP contribution in [0, 0.1) is 0 Å². The maximum atomic E-state index is 12.2. The standard InChI is InChI=1S/C18H19NO6S/c1-24-14-7-8-15(16(9-14)25-2)19-17(20)11-26(23)10-12-3-5-13(6-4-12)18(21)22/h3-9H,10-11H2,1-2H3,(H,19,20)(H,21,22). The van der Waals surface area contributed by atoms with E-state index in [0.717, 1.165) is 0 Å². The van der Waals surface area contributed by atoms with E-state index < -0.39 is 22.7 Å². The summed E-state index contributed by atoms with van der Waals surface area (Å²) < 4.78 is 22.5. The van der Waals surface area contributed by atoms with Crippen LogP contribution in [0.3, 0.4) is 0 Å². The van der Waals surface area contributed by atoms with Crippen molar-refractivity contribution in [2.45, 2.75) is 5.75 Å². The Labute approximate surface area is 153 Å². The zero-order valence-electron chi connectivity index (χ0n) is 14.4. The third-order valence-electron chi connectivity index (χ3n) is 3.50. The van der Waals surface area contributed by atoms with Gasteiger partial charge in [-0.2, -0.15) is 0 Å². The Morgan fingerprint density at radius 1 is 1.08 bits per heavy atom. The predicted octanol–water partition coefficient (Wildman–Crippen LogP) is 2.29. The molecule has 1 atom stereocenters. The Morgan fingerprint density at radius 3 is 2.35 bits per heavy atom.